The van der Waals surface area contributed by atoms with Crippen LogP contribution in [0.3, 0.4) is 0 Å². The van der Waals surface area contributed by atoms with Gasteiger partial charge in [-0.3, -0.25) is 9.59 Å². The predicted octanol–water partition coefficient (Wildman–Crippen LogP) is 0.812. The summed E-state index contributed by atoms with van der Waals surface area (Å²) in [5.41, 5.74) is 0. The number of nitrogens with zero attached hydrogens (tertiary/aromatic N) is 1. The number of carbonyl (C=O) groups is 2. The van der Waals surface area contributed by atoms with Crippen LogP contribution < -0.4 is 5.32 Å². The van der Waals surface area contributed by atoms with E-state index in [4.69, 9.17) is 0 Å². The van der Waals surface area contributed by atoms with Crippen LogP contribution in [0.2, 0.25) is 0 Å². The monoisotopic (exact) mass is 226 g/mol. The van der Waals surface area contributed by atoms with Crippen LogP contribution in [-0.4, -0.2) is 42.8 Å². The maximum absolute atomic E-state index is 12.0. The maximum Gasteiger partial charge on any atom is 0.290 e. The Morgan fingerprint density at radius 3 is 2.50 bits per heavy atom. The second kappa shape index (κ2) is 5.99. The molecule has 1 fully saturated rings. The summed E-state index contributed by atoms with van der Waals surface area (Å²) in [7, 11) is 1.85. The molecule has 1 saturated carbocycles. The Morgan fingerprint density at radius 1 is 1.44 bits per heavy atom. The van der Waals surface area contributed by atoms with E-state index in [1.807, 2.05) is 20.9 Å². The molecule has 0 saturated heterocycles. The first-order valence-electron chi connectivity index (χ1n) is 6.11. The van der Waals surface area contributed by atoms with Crippen molar-refractivity contribution in [2.45, 2.75) is 39.2 Å². The summed E-state index contributed by atoms with van der Waals surface area (Å²) in [4.78, 5) is 25.5. The Balaban J connectivity index is 2.56. The number of amides is 1. The molecule has 0 bridgehead atoms. The topological polar surface area (TPSA) is 49.4 Å². The molecule has 0 aromatic rings. The summed E-state index contributed by atoms with van der Waals surface area (Å²) in [6.07, 6.45) is 2.82. The van der Waals surface area contributed by atoms with Crippen molar-refractivity contribution in [2.75, 3.05) is 20.1 Å². The molecule has 1 N–H and O–H groups in total. The molecule has 1 aliphatic rings. The molecule has 4 heteroatoms. The lowest BCUT2D eigenvalue weighted by atomic mass is 10.0. The van der Waals surface area contributed by atoms with Gasteiger partial charge in [-0.05, 0) is 26.3 Å². The van der Waals surface area contributed by atoms with E-state index in [1.54, 1.807) is 4.90 Å². The third-order valence-corrected chi connectivity index (χ3v) is 3.12. The van der Waals surface area contributed by atoms with Crippen LogP contribution in [0.4, 0.5) is 0 Å². The van der Waals surface area contributed by atoms with Crippen LogP contribution in [0.1, 0.15) is 33.1 Å². The summed E-state index contributed by atoms with van der Waals surface area (Å²) >= 11 is 0. The fourth-order valence-electron chi connectivity index (χ4n) is 1.61. The molecule has 0 aliphatic heterocycles. The van der Waals surface area contributed by atoms with E-state index in [2.05, 4.69) is 5.32 Å². The summed E-state index contributed by atoms with van der Waals surface area (Å²) in [5, 5.41) is 3.01. The van der Waals surface area contributed by atoms with Gasteiger partial charge in [0.15, 0.2) is 0 Å². The van der Waals surface area contributed by atoms with Crippen LogP contribution in [-0.2, 0) is 9.59 Å². The van der Waals surface area contributed by atoms with Crippen molar-refractivity contribution in [3.63, 3.8) is 0 Å². The summed E-state index contributed by atoms with van der Waals surface area (Å²) in [5.74, 6) is -0.666. The fourth-order valence-corrected chi connectivity index (χ4v) is 1.61. The van der Waals surface area contributed by atoms with Gasteiger partial charge in [-0.15, -0.1) is 0 Å². The Labute approximate surface area is 97.4 Å². The average Bonchev–Trinajstić information content (AvgIpc) is 3.11. The van der Waals surface area contributed by atoms with Gasteiger partial charge in [0.1, 0.15) is 0 Å². The highest BCUT2D eigenvalue weighted by Gasteiger charge is 2.35. The van der Waals surface area contributed by atoms with Crippen LogP contribution in [0.25, 0.3) is 0 Å². The first kappa shape index (κ1) is 13.2. The quantitative estimate of drug-likeness (QED) is 0.654. The number of carbonyl (C=O) groups excluding carboxylic acids is 2. The van der Waals surface area contributed by atoms with Gasteiger partial charge >= 0.3 is 0 Å². The van der Waals surface area contributed by atoms with Crippen LogP contribution in [0.5, 0.6) is 0 Å². The highest BCUT2D eigenvalue weighted by Crippen LogP contribution is 2.27. The number of likely N-dealkylation sites (N-methyl/N-ethyl adjacent to an activating group) is 1. The standard InChI is InChI=1S/C12H22N2O2/c1-4-9(2)11(15)12(16)14(8-7-13-3)10-5-6-10/h9-10,13H,4-8H2,1-3H3. The average molecular weight is 226 g/mol. The number of hydrogen-bond donors (Lipinski definition) is 1. The molecule has 92 valence electrons. The van der Waals surface area contributed by atoms with Gasteiger partial charge in [0.2, 0.25) is 5.78 Å². The zero-order chi connectivity index (χ0) is 12.1. The SMILES string of the molecule is CCC(C)C(=O)C(=O)N(CCNC)C1CC1. The Morgan fingerprint density at radius 2 is 2.06 bits per heavy atom. The molecule has 1 amide bonds. The number of nitrogens with one attached hydrogen (secondary N) is 1. The second-order valence-electron chi connectivity index (χ2n) is 4.51. The Hall–Kier alpha value is -0.900. The van der Waals surface area contributed by atoms with Crippen molar-refractivity contribution >= 4 is 11.7 Å². The van der Waals surface area contributed by atoms with E-state index in [0.717, 1.165) is 25.8 Å². The number of rotatable bonds is 7. The van der Waals surface area contributed by atoms with E-state index < -0.39 is 0 Å². The van der Waals surface area contributed by atoms with E-state index in [-0.39, 0.29) is 17.6 Å². The minimum Gasteiger partial charge on any atom is -0.332 e. The normalized spacial score (nSPS) is 16.9. The molecular formula is C12H22N2O2. The van der Waals surface area contributed by atoms with Crippen molar-refractivity contribution in [1.82, 2.24) is 10.2 Å². The minimum absolute atomic E-state index is 0.150. The van der Waals surface area contributed by atoms with Crippen LogP contribution >= 0.6 is 0 Å². The Bertz CT molecular complexity index is 262. The third-order valence-electron chi connectivity index (χ3n) is 3.12. The lowest BCUT2D eigenvalue weighted by Crippen LogP contribution is -2.43. The summed E-state index contributed by atoms with van der Waals surface area (Å²) < 4.78 is 0. The maximum atomic E-state index is 12.0. The fraction of sp³-hybridized carbons (Fsp3) is 0.833. The molecule has 0 spiro atoms. The van der Waals surface area contributed by atoms with Gasteiger partial charge < -0.3 is 10.2 Å². The van der Waals surface area contributed by atoms with Gasteiger partial charge in [-0.1, -0.05) is 13.8 Å². The molecule has 4 nitrogen and oxygen atoms in total. The zero-order valence-corrected chi connectivity index (χ0v) is 10.5. The van der Waals surface area contributed by atoms with Crippen LogP contribution in [0, 0.1) is 5.92 Å². The molecule has 1 unspecified atom stereocenters. The second-order valence-corrected chi connectivity index (χ2v) is 4.51. The molecule has 1 atom stereocenters. The van der Waals surface area contributed by atoms with E-state index in [0.29, 0.717) is 12.6 Å². The van der Waals surface area contributed by atoms with Crippen molar-refractivity contribution in [3.05, 3.63) is 0 Å². The van der Waals surface area contributed by atoms with Crippen molar-refractivity contribution in [1.29, 1.82) is 0 Å². The number of ketones is 1. The molecule has 1 aliphatic carbocycles. The lowest BCUT2D eigenvalue weighted by Gasteiger charge is -2.22. The van der Waals surface area contributed by atoms with Crippen LogP contribution in [0.15, 0.2) is 0 Å². The first-order valence-corrected chi connectivity index (χ1v) is 6.11. The molecule has 16 heavy (non-hydrogen) atoms. The molecular weight excluding hydrogens is 204 g/mol. The van der Waals surface area contributed by atoms with Gasteiger partial charge in [-0.2, -0.15) is 0 Å². The molecule has 1 rings (SSSR count). The molecule has 0 radical (unpaired) electrons. The van der Waals surface area contributed by atoms with Crippen molar-refractivity contribution in [3.8, 4) is 0 Å². The Kier molecular flexibility index (Phi) is 4.93. The van der Waals surface area contributed by atoms with Gasteiger partial charge in [-0.25, -0.2) is 0 Å². The van der Waals surface area contributed by atoms with E-state index >= 15 is 0 Å². The van der Waals surface area contributed by atoms with Gasteiger partial charge in [0, 0.05) is 25.0 Å². The molecule has 0 heterocycles. The van der Waals surface area contributed by atoms with Gasteiger partial charge in [0.25, 0.3) is 5.91 Å². The van der Waals surface area contributed by atoms with E-state index in [1.165, 1.54) is 0 Å². The highest BCUT2D eigenvalue weighted by atomic mass is 16.2. The minimum atomic E-state index is -0.285. The number of hydrogen-bond acceptors (Lipinski definition) is 3. The van der Waals surface area contributed by atoms with E-state index in [9.17, 15) is 9.59 Å². The third kappa shape index (κ3) is 3.30. The zero-order valence-electron chi connectivity index (χ0n) is 10.5. The lowest BCUT2D eigenvalue weighted by molar-refractivity contribution is -0.146. The summed E-state index contributed by atoms with van der Waals surface area (Å²) in [6.45, 7) is 5.15. The molecule has 0 aromatic carbocycles. The predicted molar refractivity (Wildman–Crippen MR) is 63.1 cm³/mol. The van der Waals surface area contributed by atoms with Crippen molar-refractivity contribution in [2.24, 2.45) is 5.92 Å². The van der Waals surface area contributed by atoms with Crippen molar-refractivity contribution < 1.29 is 9.59 Å². The summed E-state index contributed by atoms with van der Waals surface area (Å²) in [6, 6.07) is 0.314. The molecule has 0 aromatic heterocycles. The van der Waals surface area contributed by atoms with Gasteiger partial charge in [0.05, 0.1) is 0 Å². The first-order chi connectivity index (χ1) is 7.61. The highest BCUT2D eigenvalue weighted by molar-refractivity contribution is 6.36. The largest absolute Gasteiger partial charge is 0.332 e. The number of Topliss-reactive ketones (excluding diaryl/α,β-unsaturated/α-hetero) is 1. The smallest absolute Gasteiger partial charge is 0.290 e.